The number of hydrogen-bond donors (Lipinski definition) is 1. The molecule has 126 valence electrons. The van der Waals surface area contributed by atoms with Crippen LogP contribution in [0.1, 0.15) is 29.2 Å². The number of ether oxygens (including phenoxy) is 1. The number of aryl methyl sites for hydroxylation is 3. The van der Waals surface area contributed by atoms with Crippen molar-refractivity contribution in [2.24, 2.45) is 0 Å². The van der Waals surface area contributed by atoms with E-state index in [0.717, 1.165) is 28.8 Å². The van der Waals surface area contributed by atoms with Gasteiger partial charge in [-0.3, -0.25) is 9.59 Å². The van der Waals surface area contributed by atoms with E-state index in [1.54, 1.807) is 0 Å². The molecule has 4 heteroatoms. The molecule has 0 aliphatic heterocycles. The third-order valence-corrected chi connectivity index (χ3v) is 3.96. The van der Waals surface area contributed by atoms with Crippen molar-refractivity contribution in [3.8, 4) is 0 Å². The van der Waals surface area contributed by atoms with Gasteiger partial charge in [0.1, 0.15) is 0 Å². The molecular weight excluding hydrogens is 302 g/mol. The number of para-hydroxylation sites is 1. The maximum Gasteiger partial charge on any atom is 0.310 e. The molecule has 0 bridgehead atoms. The summed E-state index contributed by atoms with van der Waals surface area (Å²) in [5, 5.41) is 2.78. The Morgan fingerprint density at radius 1 is 1.04 bits per heavy atom. The molecule has 0 spiro atoms. The molecule has 2 aromatic carbocycles. The third-order valence-electron chi connectivity index (χ3n) is 3.96. The average molecular weight is 325 g/mol. The number of anilines is 1. The van der Waals surface area contributed by atoms with Gasteiger partial charge in [0.25, 0.3) is 5.91 Å². The Kier molecular flexibility index (Phi) is 6.13. The van der Waals surface area contributed by atoms with Crippen LogP contribution in [-0.4, -0.2) is 18.5 Å². The molecule has 24 heavy (non-hydrogen) atoms. The third kappa shape index (κ3) is 4.95. The van der Waals surface area contributed by atoms with Gasteiger partial charge in [-0.25, -0.2) is 0 Å². The Morgan fingerprint density at radius 2 is 1.79 bits per heavy atom. The van der Waals surface area contributed by atoms with Crippen molar-refractivity contribution >= 4 is 17.6 Å². The smallest absolute Gasteiger partial charge is 0.310 e. The van der Waals surface area contributed by atoms with Gasteiger partial charge < -0.3 is 10.1 Å². The Hall–Kier alpha value is -2.62. The summed E-state index contributed by atoms with van der Waals surface area (Å²) < 4.78 is 5.07. The van der Waals surface area contributed by atoms with E-state index in [0.29, 0.717) is 0 Å². The van der Waals surface area contributed by atoms with E-state index in [2.05, 4.69) is 5.32 Å². The van der Waals surface area contributed by atoms with E-state index >= 15 is 0 Å². The maximum absolute atomic E-state index is 11.9. The molecule has 2 rings (SSSR count). The van der Waals surface area contributed by atoms with Crippen LogP contribution in [0.2, 0.25) is 0 Å². The number of carbonyl (C=O) groups excluding carboxylic acids is 2. The fourth-order valence-corrected chi connectivity index (χ4v) is 2.41. The fourth-order valence-electron chi connectivity index (χ4n) is 2.41. The van der Waals surface area contributed by atoms with E-state index < -0.39 is 5.97 Å². The molecule has 0 aromatic heterocycles. The molecule has 0 atom stereocenters. The van der Waals surface area contributed by atoms with Crippen LogP contribution in [0.5, 0.6) is 0 Å². The second-order valence-electron chi connectivity index (χ2n) is 5.81. The monoisotopic (exact) mass is 325 g/mol. The number of nitrogens with one attached hydrogen (secondary N) is 1. The van der Waals surface area contributed by atoms with E-state index in [9.17, 15) is 9.59 Å². The van der Waals surface area contributed by atoms with Crippen molar-refractivity contribution in [1.29, 1.82) is 0 Å². The second-order valence-corrected chi connectivity index (χ2v) is 5.81. The van der Waals surface area contributed by atoms with Gasteiger partial charge in [0.15, 0.2) is 6.61 Å². The first-order chi connectivity index (χ1) is 11.5. The zero-order chi connectivity index (χ0) is 17.5. The summed E-state index contributed by atoms with van der Waals surface area (Å²) in [4.78, 5) is 23.8. The molecule has 0 radical (unpaired) electrons. The van der Waals surface area contributed by atoms with Crippen LogP contribution in [0, 0.1) is 13.8 Å². The van der Waals surface area contributed by atoms with Gasteiger partial charge in [0.05, 0.1) is 6.42 Å². The fraction of sp³-hybridized carbons (Fsp3) is 0.300. The van der Waals surface area contributed by atoms with E-state index in [4.69, 9.17) is 4.74 Å². The summed E-state index contributed by atoms with van der Waals surface area (Å²) in [5.74, 6) is -0.735. The highest BCUT2D eigenvalue weighted by Crippen LogP contribution is 2.15. The van der Waals surface area contributed by atoms with Crippen LogP contribution in [0.25, 0.3) is 0 Å². The van der Waals surface area contributed by atoms with Crippen LogP contribution in [0.15, 0.2) is 42.5 Å². The molecule has 0 aliphatic carbocycles. The zero-order valence-corrected chi connectivity index (χ0v) is 14.4. The molecule has 1 amide bonds. The first-order valence-electron chi connectivity index (χ1n) is 8.09. The second kappa shape index (κ2) is 8.29. The number of benzene rings is 2. The van der Waals surface area contributed by atoms with Gasteiger partial charge in [0.2, 0.25) is 0 Å². The molecule has 0 unspecified atom stereocenters. The van der Waals surface area contributed by atoms with Gasteiger partial charge >= 0.3 is 5.97 Å². The number of esters is 1. The van der Waals surface area contributed by atoms with Crippen LogP contribution in [-0.2, 0) is 27.2 Å². The average Bonchev–Trinajstić information content (AvgIpc) is 2.57. The summed E-state index contributed by atoms with van der Waals surface area (Å²) in [7, 11) is 0. The van der Waals surface area contributed by atoms with Gasteiger partial charge in [0, 0.05) is 5.69 Å². The number of carbonyl (C=O) groups is 2. The van der Waals surface area contributed by atoms with E-state index in [1.807, 2.05) is 63.2 Å². The Labute approximate surface area is 142 Å². The van der Waals surface area contributed by atoms with Gasteiger partial charge in [-0.1, -0.05) is 43.3 Å². The predicted octanol–water partition coefficient (Wildman–Crippen LogP) is 3.59. The molecule has 1 N–H and O–H groups in total. The highest BCUT2D eigenvalue weighted by molar-refractivity contribution is 5.93. The van der Waals surface area contributed by atoms with Crippen molar-refractivity contribution in [2.75, 3.05) is 11.9 Å². The largest absolute Gasteiger partial charge is 0.455 e. The van der Waals surface area contributed by atoms with Gasteiger partial charge in [-0.2, -0.15) is 0 Å². The summed E-state index contributed by atoms with van der Waals surface area (Å²) in [6.07, 6.45) is 0.989. The summed E-state index contributed by atoms with van der Waals surface area (Å²) in [6.45, 7) is 5.77. The Balaban J connectivity index is 1.84. The molecule has 4 nitrogen and oxygen atoms in total. The zero-order valence-electron chi connectivity index (χ0n) is 14.4. The molecular formula is C20H23NO3. The van der Waals surface area contributed by atoms with E-state index in [1.165, 1.54) is 5.56 Å². The maximum atomic E-state index is 11.9. The van der Waals surface area contributed by atoms with Crippen LogP contribution >= 0.6 is 0 Å². The molecule has 0 saturated heterocycles. The summed E-state index contributed by atoms with van der Waals surface area (Å²) >= 11 is 0. The van der Waals surface area contributed by atoms with Crippen LogP contribution < -0.4 is 5.32 Å². The van der Waals surface area contributed by atoms with Crippen LogP contribution in [0.3, 0.4) is 0 Å². The lowest BCUT2D eigenvalue weighted by atomic mass is 10.0. The Morgan fingerprint density at radius 3 is 2.50 bits per heavy atom. The lowest BCUT2D eigenvalue weighted by Gasteiger charge is -2.10. The summed E-state index contributed by atoms with van der Waals surface area (Å²) in [6, 6.07) is 13.4. The number of hydrogen-bond acceptors (Lipinski definition) is 3. The summed E-state index contributed by atoms with van der Waals surface area (Å²) in [5.41, 5.74) is 5.01. The number of rotatable bonds is 6. The van der Waals surface area contributed by atoms with Gasteiger partial charge in [-0.15, -0.1) is 0 Å². The van der Waals surface area contributed by atoms with Crippen molar-refractivity contribution in [3.63, 3.8) is 0 Å². The minimum absolute atomic E-state index is 0.167. The topological polar surface area (TPSA) is 55.4 Å². The normalized spacial score (nSPS) is 10.3. The van der Waals surface area contributed by atoms with Crippen LogP contribution in [0.4, 0.5) is 5.69 Å². The highest BCUT2D eigenvalue weighted by atomic mass is 16.5. The lowest BCUT2D eigenvalue weighted by molar-refractivity contribution is -0.146. The molecule has 0 fully saturated rings. The van der Waals surface area contributed by atoms with Gasteiger partial charge in [-0.05, 0) is 48.6 Å². The molecule has 0 saturated carbocycles. The molecule has 2 aromatic rings. The van der Waals surface area contributed by atoms with Crippen molar-refractivity contribution in [3.05, 3.63) is 64.7 Å². The minimum atomic E-state index is -0.405. The number of amides is 1. The molecule has 0 heterocycles. The van der Waals surface area contributed by atoms with E-state index in [-0.39, 0.29) is 18.9 Å². The first kappa shape index (κ1) is 17.7. The minimum Gasteiger partial charge on any atom is -0.455 e. The highest BCUT2D eigenvalue weighted by Gasteiger charge is 2.10. The standard InChI is InChI=1S/C20H23NO3/c1-4-17-7-5-6-8-18(17)21-19(22)13-24-20(23)12-16-10-9-14(2)15(3)11-16/h5-11H,4,12-13H2,1-3H3,(H,21,22). The quantitative estimate of drug-likeness (QED) is 0.826. The SMILES string of the molecule is CCc1ccccc1NC(=O)COC(=O)Cc1ccc(C)c(C)c1. The van der Waals surface area contributed by atoms with Crippen molar-refractivity contribution in [1.82, 2.24) is 0 Å². The van der Waals surface area contributed by atoms with Crippen molar-refractivity contribution < 1.29 is 14.3 Å². The Bertz CT molecular complexity index is 737. The predicted molar refractivity (Wildman–Crippen MR) is 95.0 cm³/mol. The first-order valence-corrected chi connectivity index (χ1v) is 8.09. The van der Waals surface area contributed by atoms with Crippen molar-refractivity contribution in [2.45, 2.75) is 33.6 Å². The molecule has 0 aliphatic rings. The lowest BCUT2D eigenvalue weighted by Crippen LogP contribution is -2.22.